The first kappa shape index (κ1) is 20.7. The summed E-state index contributed by atoms with van der Waals surface area (Å²) < 4.78 is 0. The van der Waals surface area contributed by atoms with E-state index in [1.165, 1.54) is 11.8 Å². The van der Waals surface area contributed by atoms with E-state index in [1.807, 2.05) is 66.7 Å². The van der Waals surface area contributed by atoms with Crippen LogP contribution in [0.25, 0.3) is 0 Å². The summed E-state index contributed by atoms with van der Waals surface area (Å²) in [5, 5.41) is 5.45. The predicted molar refractivity (Wildman–Crippen MR) is 122 cm³/mol. The van der Waals surface area contributed by atoms with Crippen LogP contribution in [-0.4, -0.2) is 31.3 Å². The zero-order chi connectivity index (χ0) is 21.8. The van der Waals surface area contributed by atoms with Gasteiger partial charge in [0, 0.05) is 22.5 Å². The van der Waals surface area contributed by atoms with E-state index >= 15 is 0 Å². The minimum atomic E-state index is -0.315. The third-order valence-corrected chi connectivity index (χ3v) is 6.02. The van der Waals surface area contributed by atoms with Crippen LogP contribution in [-0.2, 0) is 16.0 Å². The molecule has 0 fully saturated rings. The molecule has 1 aliphatic heterocycles. The highest BCUT2D eigenvalue weighted by atomic mass is 32.2. The van der Waals surface area contributed by atoms with Gasteiger partial charge in [0.25, 0.3) is 5.91 Å². The first-order valence-electron chi connectivity index (χ1n) is 9.81. The maximum atomic E-state index is 12.7. The zero-order valence-corrected chi connectivity index (χ0v) is 17.7. The van der Waals surface area contributed by atoms with Crippen LogP contribution in [0.2, 0.25) is 0 Å². The van der Waals surface area contributed by atoms with Crippen LogP contribution in [0.3, 0.4) is 0 Å². The number of carbonyl (C=O) groups is 3. The fraction of sp³-hybridized carbons (Fsp3) is 0.125. The lowest BCUT2D eigenvalue weighted by molar-refractivity contribution is -0.123. The molecule has 156 valence electrons. The summed E-state index contributed by atoms with van der Waals surface area (Å²) in [5.41, 5.74) is 2.93. The molecule has 1 heterocycles. The molecule has 0 radical (unpaired) electrons. The molecule has 3 amide bonds. The van der Waals surface area contributed by atoms with Gasteiger partial charge in [-0.05, 0) is 35.9 Å². The number of fused-ring (bicyclic) bond motifs is 2. The summed E-state index contributed by atoms with van der Waals surface area (Å²) in [7, 11) is 1.74. The molecule has 6 nitrogen and oxygen atoms in total. The standard InChI is InChI=1S/C24H21N3O3S/c1-27-19-12-11-17(14-21(19)31-20-10-6-5-9-18(20)24(27)30)26-23(29)15-25-22(28)13-16-7-3-2-4-8-16/h2-12,14H,13,15H2,1H3,(H,25,28)(H,26,29). The Kier molecular flexibility index (Phi) is 6.04. The van der Waals surface area contributed by atoms with E-state index in [9.17, 15) is 14.4 Å². The molecule has 0 aliphatic carbocycles. The summed E-state index contributed by atoms with van der Waals surface area (Å²) in [6.45, 7) is -0.114. The van der Waals surface area contributed by atoms with E-state index in [0.29, 0.717) is 11.3 Å². The van der Waals surface area contributed by atoms with Crippen molar-refractivity contribution in [3.63, 3.8) is 0 Å². The molecule has 2 N–H and O–H groups in total. The second-order valence-electron chi connectivity index (χ2n) is 7.13. The normalized spacial score (nSPS) is 12.4. The van der Waals surface area contributed by atoms with Gasteiger partial charge in [-0.2, -0.15) is 0 Å². The van der Waals surface area contributed by atoms with Gasteiger partial charge >= 0.3 is 0 Å². The number of nitrogens with zero attached hydrogens (tertiary/aromatic N) is 1. The van der Waals surface area contributed by atoms with Crippen molar-refractivity contribution in [2.24, 2.45) is 0 Å². The molecule has 0 atom stereocenters. The SMILES string of the molecule is CN1C(=O)c2ccccc2Sc2cc(NC(=O)CNC(=O)Cc3ccccc3)ccc21. The molecule has 1 aliphatic rings. The van der Waals surface area contributed by atoms with Crippen LogP contribution in [0.15, 0.2) is 82.6 Å². The molecule has 0 unspecified atom stereocenters. The Morgan fingerprint density at radius 1 is 0.903 bits per heavy atom. The van der Waals surface area contributed by atoms with Gasteiger partial charge in [-0.25, -0.2) is 0 Å². The third kappa shape index (κ3) is 4.78. The smallest absolute Gasteiger partial charge is 0.259 e. The average Bonchev–Trinajstić information content (AvgIpc) is 2.88. The van der Waals surface area contributed by atoms with Gasteiger partial charge in [-0.15, -0.1) is 0 Å². The largest absolute Gasteiger partial charge is 0.347 e. The number of amides is 3. The quantitative estimate of drug-likeness (QED) is 0.645. The molecule has 4 rings (SSSR count). The van der Waals surface area contributed by atoms with Gasteiger partial charge in [0.1, 0.15) is 0 Å². The van der Waals surface area contributed by atoms with Crippen molar-refractivity contribution in [3.05, 3.63) is 83.9 Å². The Balaban J connectivity index is 1.41. The molecule has 0 saturated carbocycles. The highest BCUT2D eigenvalue weighted by molar-refractivity contribution is 7.99. The number of nitrogens with one attached hydrogen (secondary N) is 2. The third-order valence-electron chi connectivity index (χ3n) is 4.90. The van der Waals surface area contributed by atoms with Gasteiger partial charge in [-0.1, -0.05) is 54.2 Å². The highest BCUT2D eigenvalue weighted by Gasteiger charge is 2.24. The van der Waals surface area contributed by atoms with E-state index in [1.54, 1.807) is 18.0 Å². The Morgan fingerprint density at radius 3 is 2.45 bits per heavy atom. The number of hydrogen-bond donors (Lipinski definition) is 2. The van der Waals surface area contributed by atoms with E-state index in [2.05, 4.69) is 10.6 Å². The molecule has 0 bridgehead atoms. The van der Waals surface area contributed by atoms with Crippen LogP contribution in [0.5, 0.6) is 0 Å². The minimum Gasteiger partial charge on any atom is -0.347 e. The fourth-order valence-electron chi connectivity index (χ4n) is 3.32. The molecule has 7 heteroatoms. The highest BCUT2D eigenvalue weighted by Crippen LogP contribution is 2.41. The number of hydrogen-bond acceptors (Lipinski definition) is 4. The number of carbonyl (C=O) groups excluding carboxylic acids is 3. The molecule has 3 aromatic carbocycles. The van der Waals surface area contributed by atoms with Crippen molar-refractivity contribution in [1.82, 2.24) is 5.32 Å². The Morgan fingerprint density at radius 2 is 1.65 bits per heavy atom. The van der Waals surface area contributed by atoms with Gasteiger partial charge < -0.3 is 15.5 Å². The fourth-order valence-corrected chi connectivity index (χ4v) is 4.46. The zero-order valence-electron chi connectivity index (χ0n) is 16.9. The van der Waals surface area contributed by atoms with Crippen LogP contribution in [0.4, 0.5) is 11.4 Å². The molecule has 3 aromatic rings. The molecular weight excluding hydrogens is 410 g/mol. The number of rotatable bonds is 5. The summed E-state index contributed by atoms with van der Waals surface area (Å²) >= 11 is 1.49. The molecular formula is C24H21N3O3S. The van der Waals surface area contributed by atoms with Crippen molar-refractivity contribution in [2.45, 2.75) is 16.2 Å². The maximum Gasteiger partial charge on any atom is 0.259 e. The predicted octanol–water partition coefficient (Wildman–Crippen LogP) is 3.73. The number of anilines is 2. The van der Waals surface area contributed by atoms with Crippen molar-refractivity contribution >= 4 is 40.9 Å². The van der Waals surface area contributed by atoms with Gasteiger partial charge in [0.2, 0.25) is 11.8 Å². The summed E-state index contributed by atoms with van der Waals surface area (Å²) in [4.78, 5) is 40.5. The van der Waals surface area contributed by atoms with E-state index in [-0.39, 0.29) is 30.7 Å². The Bertz CT molecular complexity index is 1150. The van der Waals surface area contributed by atoms with E-state index in [4.69, 9.17) is 0 Å². The lowest BCUT2D eigenvalue weighted by atomic mass is 10.1. The molecule has 0 spiro atoms. The summed E-state index contributed by atoms with van der Waals surface area (Å²) in [6.07, 6.45) is 0.226. The van der Waals surface area contributed by atoms with Crippen molar-refractivity contribution in [2.75, 3.05) is 23.8 Å². The van der Waals surface area contributed by atoms with Crippen LogP contribution in [0, 0.1) is 0 Å². The minimum absolute atomic E-state index is 0.0697. The molecule has 31 heavy (non-hydrogen) atoms. The van der Waals surface area contributed by atoms with Crippen LogP contribution >= 0.6 is 11.8 Å². The van der Waals surface area contributed by atoms with Crippen molar-refractivity contribution in [3.8, 4) is 0 Å². The monoisotopic (exact) mass is 431 g/mol. The summed E-state index contributed by atoms with van der Waals surface area (Å²) in [6, 6.07) is 22.2. The maximum absolute atomic E-state index is 12.7. The Hall–Kier alpha value is -3.58. The van der Waals surface area contributed by atoms with Crippen molar-refractivity contribution in [1.29, 1.82) is 0 Å². The Labute approximate surface area is 184 Å². The summed E-state index contributed by atoms with van der Waals surface area (Å²) in [5.74, 6) is -0.597. The number of benzene rings is 3. The second kappa shape index (κ2) is 9.06. The average molecular weight is 432 g/mol. The van der Waals surface area contributed by atoms with Gasteiger partial charge in [0.05, 0.1) is 24.2 Å². The van der Waals surface area contributed by atoms with Crippen LogP contribution < -0.4 is 15.5 Å². The van der Waals surface area contributed by atoms with E-state index < -0.39 is 0 Å². The topological polar surface area (TPSA) is 78.5 Å². The van der Waals surface area contributed by atoms with Gasteiger partial charge in [-0.3, -0.25) is 14.4 Å². The van der Waals surface area contributed by atoms with Gasteiger partial charge in [0.15, 0.2) is 0 Å². The first-order valence-corrected chi connectivity index (χ1v) is 10.6. The lowest BCUT2D eigenvalue weighted by Crippen LogP contribution is -2.33. The molecule has 0 aromatic heterocycles. The lowest BCUT2D eigenvalue weighted by Gasteiger charge is -2.18. The van der Waals surface area contributed by atoms with Crippen molar-refractivity contribution < 1.29 is 14.4 Å². The van der Waals surface area contributed by atoms with E-state index in [0.717, 1.165) is 21.0 Å². The molecule has 0 saturated heterocycles. The van der Waals surface area contributed by atoms with Crippen LogP contribution in [0.1, 0.15) is 15.9 Å². The second-order valence-corrected chi connectivity index (χ2v) is 8.22. The first-order chi connectivity index (χ1) is 15.0.